The monoisotopic (exact) mass is 280 g/mol. The van der Waals surface area contributed by atoms with E-state index in [4.69, 9.17) is 0 Å². The Kier molecular flexibility index (Phi) is 4.40. The molecule has 20 heavy (non-hydrogen) atoms. The van der Waals surface area contributed by atoms with Gasteiger partial charge in [-0.25, -0.2) is 9.18 Å². The highest BCUT2D eigenvalue weighted by Crippen LogP contribution is 2.30. The number of hydrogen-bond donors (Lipinski definition) is 2. The molecule has 0 radical (unpaired) electrons. The Labute approximate surface area is 118 Å². The second kappa shape index (κ2) is 5.89. The van der Waals surface area contributed by atoms with Crippen LogP contribution >= 0.6 is 0 Å². The van der Waals surface area contributed by atoms with E-state index in [2.05, 4.69) is 5.32 Å². The Morgan fingerprint density at radius 1 is 1.40 bits per heavy atom. The number of hydrogen-bond acceptors (Lipinski definition) is 3. The van der Waals surface area contributed by atoms with E-state index in [1.165, 1.54) is 6.07 Å². The Balaban J connectivity index is 2.41. The Bertz CT molecular complexity index is 499. The molecule has 0 saturated carbocycles. The summed E-state index contributed by atoms with van der Waals surface area (Å²) in [7, 11) is 0. The van der Waals surface area contributed by atoms with Crippen LogP contribution in [0.2, 0.25) is 0 Å². The van der Waals surface area contributed by atoms with Gasteiger partial charge in [-0.15, -0.1) is 0 Å². The first-order valence-corrected chi connectivity index (χ1v) is 6.92. The zero-order chi connectivity index (χ0) is 14.8. The lowest BCUT2D eigenvalue weighted by atomic mass is 9.89. The maximum absolute atomic E-state index is 13.8. The minimum Gasteiger partial charge on any atom is -0.480 e. The third-order valence-electron chi connectivity index (χ3n) is 4.12. The lowest BCUT2D eigenvalue weighted by molar-refractivity contribution is -0.151. The minimum absolute atomic E-state index is 0.358. The molecule has 1 fully saturated rings. The number of nitrogens with zero attached hydrogens (tertiary/aromatic N) is 1. The van der Waals surface area contributed by atoms with Crippen LogP contribution in [-0.2, 0) is 10.3 Å². The molecular formula is C15H21FN2O2. The summed E-state index contributed by atoms with van der Waals surface area (Å²) in [4.78, 5) is 13.8. The molecule has 1 unspecified atom stereocenters. The summed E-state index contributed by atoms with van der Waals surface area (Å²) >= 11 is 0. The van der Waals surface area contributed by atoms with Gasteiger partial charge in [-0.2, -0.15) is 0 Å². The second-order valence-corrected chi connectivity index (χ2v) is 5.43. The van der Waals surface area contributed by atoms with Crippen LogP contribution in [-0.4, -0.2) is 42.2 Å². The summed E-state index contributed by atoms with van der Waals surface area (Å²) in [6.45, 7) is 6.28. The maximum atomic E-state index is 13.8. The fourth-order valence-electron chi connectivity index (χ4n) is 2.63. The summed E-state index contributed by atoms with van der Waals surface area (Å²) in [5.41, 5.74) is -0.172. The number of benzene rings is 1. The van der Waals surface area contributed by atoms with Crippen LogP contribution in [0.15, 0.2) is 18.2 Å². The predicted octanol–water partition coefficient (Wildman–Crippen LogP) is 1.73. The van der Waals surface area contributed by atoms with Crippen molar-refractivity contribution in [2.24, 2.45) is 0 Å². The van der Waals surface area contributed by atoms with Crippen LogP contribution in [0.3, 0.4) is 0 Å². The molecular weight excluding hydrogens is 259 g/mol. The van der Waals surface area contributed by atoms with E-state index >= 15 is 0 Å². The molecule has 2 N–H and O–H groups in total. The first-order chi connectivity index (χ1) is 9.46. The number of nitrogens with one attached hydrogen (secondary N) is 1. The molecule has 0 aliphatic carbocycles. The predicted molar refractivity (Wildman–Crippen MR) is 75.2 cm³/mol. The van der Waals surface area contributed by atoms with Crippen molar-refractivity contribution in [2.75, 3.05) is 26.2 Å². The van der Waals surface area contributed by atoms with Crippen molar-refractivity contribution in [3.8, 4) is 0 Å². The lowest BCUT2D eigenvalue weighted by Crippen LogP contribution is -2.51. The molecule has 1 aliphatic rings. The zero-order valence-electron chi connectivity index (χ0n) is 11.9. The van der Waals surface area contributed by atoms with Crippen molar-refractivity contribution in [2.45, 2.75) is 25.8 Å². The fourth-order valence-corrected chi connectivity index (χ4v) is 2.63. The van der Waals surface area contributed by atoms with Crippen molar-refractivity contribution >= 4 is 5.97 Å². The van der Waals surface area contributed by atoms with Crippen molar-refractivity contribution < 1.29 is 14.3 Å². The van der Waals surface area contributed by atoms with Gasteiger partial charge in [0.15, 0.2) is 0 Å². The van der Waals surface area contributed by atoms with E-state index in [0.29, 0.717) is 24.2 Å². The van der Waals surface area contributed by atoms with Crippen LogP contribution < -0.4 is 5.32 Å². The van der Waals surface area contributed by atoms with E-state index in [1.807, 2.05) is 4.90 Å². The molecule has 2 rings (SSSR count). The van der Waals surface area contributed by atoms with Gasteiger partial charge >= 0.3 is 5.97 Å². The molecule has 1 saturated heterocycles. The van der Waals surface area contributed by atoms with Crippen LogP contribution in [0.1, 0.15) is 24.5 Å². The van der Waals surface area contributed by atoms with Crippen molar-refractivity contribution in [1.29, 1.82) is 0 Å². The summed E-state index contributed by atoms with van der Waals surface area (Å²) in [5, 5.41) is 13.0. The fraction of sp³-hybridized carbons (Fsp3) is 0.533. The summed E-state index contributed by atoms with van der Waals surface area (Å²) in [6.07, 6.45) is 0.886. The average Bonchev–Trinajstić information content (AvgIpc) is 2.70. The molecule has 1 aromatic rings. The van der Waals surface area contributed by atoms with E-state index in [-0.39, 0.29) is 5.82 Å². The van der Waals surface area contributed by atoms with Gasteiger partial charge in [-0.3, -0.25) is 4.90 Å². The third-order valence-corrected chi connectivity index (χ3v) is 4.12. The first-order valence-electron chi connectivity index (χ1n) is 6.92. The van der Waals surface area contributed by atoms with Gasteiger partial charge in [0, 0.05) is 19.6 Å². The first kappa shape index (κ1) is 14.9. The smallest absolute Gasteiger partial charge is 0.328 e. The maximum Gasteiger partial charge on any atom is 0.328 e. The molecule has 1 heterocycles. The molecule has 1 aromatic carbocycles. The van der Waals surface area contributed by atoms with Gasteiger partial charge in [0.2, 0.25) is 0 Å². The number of carboxylic acids is 1. The molecule has 5 heteroatoms. The highest BCUT2D eigenvalue weighted by atomic mass is 19.1. The molecule has 0 aromatic heterocycles. The van der Waals surface area contributed by atoms with Gasteiger partial charge in [-0.1, -0.05) is 12.1 Å². The molecule has 1 aliphatic heterocycles. The Hall–Kier alpha value is -1.46. The molecule has 0 bridgehead atoms. The second-order valence-electron chi connectivity index (χ2n) is 5.43. The number of carboxylic acid groups (broad SMARTS) is 1. The topological polar surface area (TPSA) is 52.6 Å². The Morgan fingerprint density at radius 3 is 2.80 bits per heavy atom. The standard InChI is InChI=1S/C15H21FN2O2/c1-11-4-5-12(10-13(11)16)15(2,14(19)20)18-8-3-6-17-7-9-18/h4-5,10,17H,3,6-9H2,1-2H3,(H,19,20). The molecule has 1 atom stereocenters. The van der Waals surface area contributed by atoms with E-state index in [0.717, 1.165) is 19.5 Å². The van der Waals surface area contributed by atoms with Crippen LogP contribution in [0.5, 0.6) is 0 Å². The van der Waals surface area contributed by atoms with E-state index in [9.17, 15) is 14.3 Å². The zero-order valence-corrected chi connectivity index (χ0v) is 11.9. The van der Waals surface area contributed by atoms with Crippen LogP contribution in [0.4, 0.5) is 4.39 Å². The van der Waals surface area contributed by atoms with Crippen molar-refractivity contribution in [3.05, 3.63) is 35.1 Å². The van der Waals surface area contributed by atoms with Gasteiger partial charge in [-0.05, 0) is 44.0 Å². The third kappa shape index (κ3) is 2.69. The normalized spacial score (nSPS) is 20.1. The molecule has 0 amide bonds. The SMILES string of the molecule is Cc1ccc(C(C)(C(=O)O)N2CCCNCC2)cc1F. The van der Waals surface area contributed by atoms with Crippen LogP contribution in [0.25, 0.3) is 0 Å². The Morgan fingerprint density at radius 2 is 2.15 bits per heavy atom. The van der Waals surface area contributed by atoms with Gasteiger partial charge in [0.1, 0.15) is 11.4 Å². The highest BCUT2D eigenvalue weighted by Gasteiger charge is 2.41. The number of aliphatic carboxylic acids is 1. The largest absolute Gasteiger partial charge is 0.480 e. The van der Waals surface area contributed by atoms with Gasteiger partial charge < -0.3 is 10.4 Å². The highest BCUT2D eigenvalue weighted by molar-refractivity contribution is 5.80. The van der Waals surface area contributed by atoms with E-state index in [1.54, 1.807) is 26.0 Å². The number of carbonyl (C=O) groups is 1. The summed E-state index contributed by atoms with van der Waals surface area (Å²) in [6, 6.07) is 4.70. The molecule has 110 valence electrons. The molecule has 0 spiro atoms. The number of halogens is 1. The van der Waals surface area contributed by atoms with Gasteiger partial charge in [0.25, 0.3) is 0 Å². The molecule has 4 nitrogen and oxygen atoms in total. The number of rotatable bonds is 3. The van der Waals surface area contributed by atoms with Gasteiger partial charge in [0.05, 0.1) is 0 Å². The van der Waals surface area contributed by atoms with E-state index < -0.39 is 11.5 Å². The van der Waals surface area contributed by atoms with Crippen molar-refractivity contribution in [1.82, 2.24) is 10.2 Å². The summed E-state index contributed by atoms with van der Waals surface area (Å²) in [5.74, 6) is -1.30. The summed E-state index contributed by atoms with van der Waals surface area (Å²) < 4.78 is 13.8. The minimum atomic E-state index is -1.19. The number of aryl methyl sites for hydroxylation is 1. The average molecular weight is 280 g/mol. The lowest BCUT2D eigenvalue weighted by Gasteiger charge is -2.37. The van der Waals surface area contributed by atoms with Crippen LogP contribution in [0, 0.1) is 12.7 Å². The quantitative estimate of drug-likeness (QED) is 0.885. The van der Waals surface area contributed by atoms with Crippen molar-refractivity contribution in [3.63, 3.8) is 0 Å².